The lowest BCUT2D eigenvalue weighted by molar-refractivity contribution is 0.284. The average molecular weight is 441 g/mol. The predicted molar refractivity (Wildman–Crippen MR) is 95.1 cm³/mol. The van der Waals surface area contributed by atoms with Crippen LogP contribution in [0.3, 0.4) is 0 Å². The highest BCUT2D eigenvalue weighted by molar-refractivity contribution is 7.92. The fraction of sp³-hybridized carbons (Fsp3) is 0.231. The molecule has 0 aliphatic carbocycles. The topological polar surface area (TPSA) is 176 Å². The van der Waals surface area contributed by atoms with Crippen molar-refractivity contribution >= 4 is 47.0 Å². The Kier molecular flexibility index (Phi) is 5.70. The summed E-state index contributed by atoms with van der Waals surface area (Å²) in [6.45, 7) is -0.813. The standard InChI is InChI=1S/C13H15NO10S3/c1-14(25(16,17)5-4-24-27(21,22)23)10-2-3-12-9(6-10)7-11(8-13(12)15)26(18,19)20/h2-3,6-8,15H,4-5H2,1H3,(H,18,19,20)(H,21,22,23). The molecule has 0 atom stereocenters. The number of nitrogens with zero attached hydrogens (tertiary/aromatic N) is 1. The van der Waals surface area contributed by atoms with Crippen molar-refractivity contribution in [2.45, 2.75) is 4.90 Å². The van der Waals surface area contributed by atoms with Crippen molar-refractivity contribution in [1.29, 1.82) is 0 Å². The first-order valence-electron chi connectivity index (χ1n) is 7.03. The lowest BCUT2D eigenvalue weighted by Gasteiger charge is -2.20. The molecular formula is C13H15NO10S3. The molecule has 0 heterocycles. The van der Waals surface area contributed by atoms with Crippen LogP contribution in [-0.4, -0.2) is 58.9 Å². The smallest absolute Gasteiger partial charge is 0.397 e. The van der Waals surface area contributed by atoms with Gasteiger partial charge < -0.3 is 5.11 Å². The molecule has 0 spiro atoms. The third-order valence-electron chi connectivity index (χ3n) is 3.54. The number of rotatable bonds is 7. The van der Waals surface area contributed by atoms with Crippen molar-refractivity contribution in [3.8, 4) is 5.75 Å². The van der Waals surface area contributed by atoms with Gasteiger partial charge >= 0.3 is 10.4 Å². The Bertz CT molecular complexity index is 1190. The zero-order chi connectivity index (χ0) is 20.6. The third kappa shape index (κ3) is 5.27. The molecule has 2 aromatic carbocycles. The van der Waals surface area contributed by atoms with E-state index >= 15 is 0 Å². The molecule has 150 valence electrons. The van der Waals surface area contributed by atoms with Crippen LogP contribution < -0.4 is 4.31 Å². The molecule has 2 aromatic rings. The second-order valence-electron chi connectivity index (χ2n) is 5.36. The molecule has 11 nitrogen and oxygen atoms in total. The Hall–Kier alpha value is -1.97. The minimum Gasteiger partial charge on any atom is -0.507 e. The molecule has 0 saturated heterocycles. The van der Waals surface area contributed by atoms with Crippen LogP contribution in [0.1, 0.15) is 0 Å². The molecule has 3 N–H and O–H groups in total. The highest BCUT2D eigenvalue weighted by Crippen LogP contribution is 2.32. The first-order chi connectivity index (χ1) is 12.2. The number of sulfonamides is 1. The van der Waals surface area contributed by atoms with Crippen molar-refractivity contribution in [1.82, 2.24) is 0 Å². The average Bonchev–Trinajstić information content (AvgIpc) is 2.51. The first-order valence-corrected chi connectivity index (χ1v) is 11.4. The number of hydrogen-bond donors (Lipinski definition) is 3. The highest BCUT2D eigenvalue weighted by atomic mass is 32.3. The Morgan fingerprint density at radius 1 is 1.00 bits per heavy atom. The summed E-state index contributed by atoms with van der Waals surface area (Å²) in [5.74, 6) is -1.20. The SMILES string of the molecule is CN(c1ccc2c(O)cc(S(=O)(=O)O)cc2c1)S(=O)(=O)CCOS(=O)(=O)O. The van der Waals surface area contributed by atoms with Crippen LogP contribution in [0.25, 0.3) is 10.8 Å². The summed E-state index contributed by atoms with van der Waals surface area (Å²) in [6.07, 6.45) is 0. The van der Waals surface area contributed by atoms with Crippen molar-refractivity contribution in [3.05, 3.63) is 30.3 Å². The van der Waals surface area contributed by atoms with Gasteiger partial charge in [0.1, 0.15) is 5.75 Å². The zero-order valence-electron chi connectivity index (χ0n) is 13.7. The minimum absolute atomic E-state index is 0.0706. The van der Waals surface area contributed by atoms with Gasteiger partial charge in [-0.3, -0.25) is 13.4 Å². The fourth-order valence-corrected chi connectivity index (χ4v) is 4.14. The van der Waals surface area contributed by atoms with E-state index in [2.05, 4.69) is 4.18 Å². The van der Waals surface area contributed by atoms with Crippen molar-refractivity contribution in [2.75, 3.05) is 23.7 Å². The van der Waals surface area contributed by atoms with E-state index < -0.39 is 53.5 Å². The summed E-state index contributed by atoms with van der Waals surface area (Å²) < 4.78 is 90.3. The fourth-order valence-electron chi connectivity index (χ4n) is 2.20. The molecular weight excluding hydrogens is 426 g/mol. The van der Waals surface area contributed by atoms with Crippen molar-refractivity contribution < 1.29 is 43.6 Å². The summed E-state index contributed by atoms with van der Waals surface area (Å²) in [4.78, 5) is -0.572. The number of phenolic OH excluding ortho intramolecular Hbond substituents is 1. The van der Waals surface area contributed by atoms with Crippen LogP contribution in [0.4, 0.5) is 5.69 Å². The van der Waals surface area contributed by atoms with E-state index in [9.17, 15) is 30.4 Å². The van der Waals surface area contributed by atoms with E-state index in [4.69, 9.17) is 9.11 Å². The summed E-state index contributed by atoms with van der Waals surface area (Å²) in [7, 11) is -12.3. The Labute approximate surface area is 155 Å². The number of hydrogen-bond acceptors (Lipinski definition) is 8. The number of anilines is 1. The molecule has 27 heavy (non-hydrogen) atoms. The summed E-state index contributed by atoms with van der Waals surface area (Å²) in [5, 5.41) is 10.2. The molecule has 0 saturated carbocycles. The van der Waals surface area contributed by atoms with Gasteiger partial charge in [-0.2, -0.15) is 16.8 Å². The summed E-state index contributed by atoms with van der Waals surface area (Å²) in [6, 6.07) is 5.83. The van der Waals surface area contributed by atoms with Crippen LogP contribution >= 0.6 is 0 Å². The van der Waals surface area contributed by atoms with Gasteiger partial charge in [-0.25, -0.2) is 12.6 Å². The number of aromatic hydroxyl groups is 1. The van der Waals surface area contributed by atoms with Crippen LogP contribution in [0.5, 0.6) is 5.75 Å². The van der Waals surface area contributed by atoms with Gasteiger partial charge in [0.2, 0.25) is 10.0 Å². The van der Waals surface area contributed by atoms with Crippen molar-refractivity contribution in [2.24, 2.45) is 0 Å². The molecule has 0 radical (unpaired) electrons. The van der Waals surface area contributed by atoms with E-state index in [-0.39, 0.29) is 16.5 Å². The summed E-state index contributed by atoms with van der Waals surface area (Å²) >= 11 is 0. The van der Waals surface area contributed by atoms with Gasteiger partial charge in [-0.1, -0.05) is 0 Å². The maximum Gasteiger partial charge on any atom is 0.397 e. The molecule has 0 fully saturated rings. The Balaban J connectivity index is 2.40. The van der Waals surface area contributed by atoms with Crippen LogP contribution in [0.15, 0.2) is 35.2 Å². The molecule has 2 rings (SSSR count). The number of fused-ring (bicyclic) bond motifs is 1. The second kappa shape index (κ2) is 7.21. The number of benzene rings is 2. The van der Waals surface area contributed by atoms with E-state index in [0.29, 0.717) is 0 Å². The zero-order valence-corrected chi connectivity index (χ0v) is 16.1. The van der Waals surface area contributed by atoms with Gasteiger partial charge in [0.15, 0.2) is 0 Å². The molecule has 0 aliphatic rings. The molecule has 0 aromatic heterocycles. The normalized spacial score (nSPS) is 13.0. The van der Waals surface area contributed by atoms with E-state index in [1.807, 2.05) is 0 Å². The highest BCUT2D eigenvalue weighted by Gasteiger charge is 2.21. The van der Waals surface area contributed by atoms with E-state index in [0.717, 1.165) is 23.5 Å². The second-order valence-corrected chi connectivity index (χ2v) is 9.99. The Morgan fingerprint density at radius 2 is 1.63 bits per heavy atom. The first kappa shape index (κ1) is 21.3. The lowest BCUT2D eigenvalue weighted by atomic mass is 10.1. The van der Waals surface area contributed by atoms with Gasteiger partial charge in [0.05, 0.1) is 22.9 Å². The molecule has 14 heteroatoms. The maximum atomic E-state index is 12.2. The Morgan fingerprint density at radius 3 is 2.19 bits per heavy atom. The van der Waals surface area contributed by atoms with Crippen LogP contribution in [0, 0.1) is 0 Å². The largest absolute Gasteiger partial charge is 0.507 e. The quantitative estimate of drug-likeness (QED) is 0.509. The van der Waals surface area contributed by atoms with Crippen LogP contribution in [0.2, 0.25) is 0 Å². The van der Waals surface area contributed by atoms with Crippen LogP contribution in [-0.2, 0) is 34.7 Å². The third-order valence-corrected chi connectivity index (χ3v) is 6.56. The lowest BCUT2D eigenvalue weighted by Crippen LogP contribution is -2.31. The molecule has 0 aliphatic heterocycles. The maximum absolute atomic E-state index is 12.2. The predicted octanol–water partition coefficient (Wildman–Crippen LogP) is 0.378. The number of phenols is 1. The van der Waals surface area contributed by atoms with Gasteiger partial charge in [0, 0.05) is 18.5 Å². The van der Waals surface area contributed by atoms with Crippen molar-refractivity contribution in [3.63, 3.8) is 0 Å². The molecule has 0 bridgehead atoms. The van der Waals surface area contributed by atoms with E-state index in [1.165, 1.54) is 18.2 Å². The van der Waals surface area contributed by atoms with E-state index in [1.54, 1.807) is 0 Å². The van der Waals surface area contributed by atoms with Gasteiger partial charge in [-0.05, 0) is 29.7 Å². The summed E-state index contributed by atoms with van der Waals surface area (Å²) in [5.41, 5.74) is 0.0706. The van der Waals surface area contributed by atoms with Gasteiger partial charge in [-0.15, -0.1) is 0 Å². The molecule has 0 unspecified atom stereocenters. The molecule has 0 amide bonds. The van der Waals surface area contributed by atoms with Gasteiger partial charge in [0.25, 0.3) is 10.1 Å². The monoisotopic (exact) mass is 441 g/mol. The minimum atomic E-state index is -4.78.